The molecule has 2 aromatic rings. The molecule has 0 saturated carbocycles. The van der Waals surface area contributed by atoms with Crippen LogP contribution in [0.1, 0.15) is 16.2 Å². The summed E-state index contributed by atoms with van der Waals surface area (Å²) in [5, 5.41) is 8.82. The summed E-state index contributed by atoms with van der Waals surface area (Å²) in [4.78, 5) is 32.1. The fourth-order valence-corrected chi connectivity index (χ4v) is 1.79. The molecule has 0 unspecified atom stereocenters. The van der Waals surface area contributed by atoms with Gasteiger partial charge >= 0.3 is 13.6 Å². The number of aromatic carboxylic acids is 1. The second kappa shape index (κ2) is 4.38. The van der Waals surface area contributed by atoms with E-state index in [-0.39, 0.29) is 5.69 Å². The van der Waals surface area contributed by atoms with Crippen molar-refractivity contribution in [2.45, 2.75) is 0 Å². The Hall–Kier alpha value is -1.95. The number of aromatic nitrogens is 2. The van der Waals surface area contributed by atoms with Crippen molar-refractivity contribution in [1.29, 1.82) is 0 Å². The minimum absolute atomic E-state index is 0.132. The van der Waals surface area contributed by atoms with Crippen LogP contribution in [0.5, 0.6) is 0 Å². The Morgan fingerprint density at radius 1 is 1.39 bits per heavy atom. The molecule has 2 rings (SSSR count). The number of carbonyl (C=O) groups is 1. The Morgan fingerprint density at radius 2 is 2.11 bits per heavy atom. The van der Waals surface area contributed by atoms with Crippen LogP contribution in [0.4, 0.5) is 0 Å². The van der Waals surface area contributed by atoms with Crippen LogP contribution in [0.3, 0.4) is 0 Å². The van der Waals surface area contributed by atoms with E-state index in [1.54, 1.807) is 18.2 Å². The lowest BCUT2D eigenvalue weighted by Crippen LogP contribution is -1.95. The first-order valence-electron chi connectivity index (χ1n) is 4.83. The number of hydrogen-bond donors (Lipinski definition) is 3. The quantitative estimate of drug-likeness (QED) is 0.720. The van der Waals surface area contributed by atoms with Crippen molar-refractivity contribution in [2.24, 2.45) is 0 Å². The Balaban J connectivity index is 2.55. The molecule has 0 spiro atoms. The third kappa shape index (κ3) is 2.65. The second-order valence-corrected chi connectivity index (χ2v) is 4.99. The number of pyridine rings is 1. The van der Waals surface area contributed by atoms with Crippen LogP contribution < -0.4 is 0 Å². The van der Waals surface area contributed by atoms with Crippen molar-refractivity contribution in [3.05, 3.63) is 41.6 Å². The highest BCUT2D eigenvalue weighted by atomic mass is 31.2. The highest BCUT2D eigenvalue weighted by Gasteiger charge is 2.10. The lowest BCUT2D eigenvalue weighted by Gasteiger charge is -1.99. The topological polar surface area (TPSA) is 112 Å². The first kappa shape index (κ1) is 12.5. The van der Waals surface area contributed by atoms with Gasteiger partial charge in [-0.1, -0.05) is 6.07 Å². The van der Waals surface area contributed by atoms with E-state index in [1.165, 1.54) is 16.7 Å². The lowest BCUT2D eigenvalue weighted by molar-refractivity contribution is 0.0691. The summed E-state index contributed by atoms with van der Waals surface area (Å²) >= 11 is 0. The molecule has 8 heteroatoms. The van der Waals surface area contributed by atoms with Gasteiger partial charge in [-0.05, 0) is 18.2 Å². The van der Waals surface area contributed by atoms with Gasteiger partial charge in [0.1, 0.15) is 5.65 Å². The van der Waals surface area contributed by atoms with Crippen LogP contribution >= 0.6 is 7.60 Å². The molecule has 18 heavy (non-hydrogen) atoms. The largest absolute Gasteiger partial charge is 0.476 e. The van der Waals surface area contributed by atoms with E-state index in [0.29, 0.717) is 11.3 Å². The van der Waals surface area contributed by atoms with E-state index in [9.17, 15) is 9.36 Å². The molecule has 0 aliphatic carbocycles. The number of rotatable bonds is 3. The van der Waals surface area contributed by atoms with Crippen molar-refractivity contribution in [1.82, 2.24) is 9.38 Å². The number of nitrogens with zero attached hydrogens (tertiary/aromatic N) is 2. The van der Waals surface area contributed by atoms with Crippen LogP contribution in [0.2, 0.25) is 0 Å². The molecule has 94 valence electrons. The predicted molar refractivity (Wildman–Crippen MR) is 63.2 cm³/mol. The van der Waals surface area contributed by atoms with Gasteiger partial charge in [-0.2, -0.15) is 0 Å². The summed E-state index contributed by atoms with van der Waals surface area (Å²) in [5.74, 6) is -0.411. The van der Waals surface area contributed by atoms with Crippen molar-refractivity contribution in [3.63, 3.8) is 0 Å². The molecule has 0 bridgehead atoms. The van der Waals surface area contributed by atoms with Crippen LogP contribution in [-0.2, 0) is 4.57 Å². The molecular formula is C10H9N2O5P. The Labute approximate surface area is 101 Å². The molecule has 0 amide bonds. The molecule has 0 fully saturated rings. The molecule has 0 aliphatic heterocycles. The van der Waals surface area contributed by atoms with E-state index in [1.807, 2.05) is 0 Å². The van der Waals surface area contributed by atoms with E-state index >= 15 is 0 Å². The molecular weight excluding hydrogens is 259 g/mol. The summed E-state index contributed by atoms with van der Waals surface area (Å²) in [5.41, 5.74) is 0.683. The molecule has 0 aliphatic rings. The lowest BCUT2D eigenvalue weighted by atomic mass is 10.3. The minimum atomic E-state index is -4.25. The first-order chi connectivity index (χ1) is 8.37. The minimum Gasteiger partial charge on any atom is -0.476 e. The van der Waals surface area contributed by atoms with Crippen molar-refractivity contribution in [2.75, 3.05) is 0 Å². The third-order valence-electron chi connectivity index (χ3n) is 2.18. The molecule has 7 nitrogen and oxygen atoms in total. The Bertz CT molecular complexity index is 685. The first-order valence-corrected chi connectivity index (χ1v) is 6.51. The molecule has 0 radical (unpaired) electrons. The SMILES string of the molecule is O=C(O)c1cn2c(C=CP(=O)(O)O)cccc2n1. The van der Waals surface area contributed by atoms with Crippen LogP contribution in [0.25, 0.3) is 11.7 Å². The summed E-state index contributed by atoms with van der Waals surface area (Å²) < 4.78 is 12.2. The number of hydrogen-bond acceptors (Lipinski definition) is 3. The van der Waals surface area contributed by atoms with Gasteiger partial charge in [-0.15, -0.1) is 0 Å². The maximum Gasteiger partial charge on any atom is 0.356 e. The van der Waals surface area contributed by atoms with Crippen molar-refractivity contribution in [3.8, 4) is 0 Å². The fraction of sp³-hybridized carbons (Fsp3) is 0. The van der Waals surface area contributed by atoms with Gasteiger partial charge in [-0.3, -0.25) is 8.97 Å². The van der Waals surface area contributed by atoms with Gasteiger partial charge in [0.15, 0.2) is 5.69 Å². The standard InChI is InChI=1S/C10H9N2O5P/c13-10(14)8-6-12-7(4-5-18(15,16)17)2-1-3-9(12)11-8/h1-6H,(H,13,14)(H2,15,16,17). The summed E-state index contributed by atoms with van der Waals surface area (Å²) in [6.45, 7) is 0. The fourth-order valence-electron chi connectivity index (χ4n) is 1.44. The summed E-state index contributed by atoms with van der Waals surface area (Å²) in [6, 6.07) is 4.81. The monoisotopic (exact) mass is 268 g/mol. The third-order valence-corrected chi connectivity index (χ3v) is 2.72. The van der Waals surface area contributed by atoms with Crippen LogP contribution in [0.15, 0.2) is 30.2 Å². The smallest absolute Gasteiger partial charge is 0.356 e. The van der Waals surface area contributed by atoms with Crippen LogP contribution in [0, 0.1) is 0 Å². The van der Waals surface area contributed by atoms with Gasteiger partial charge in [0.2, 0.25) is 0 Å². The predicted octanol–water partition coefficient (Wildman–Crippen LogP) is 1.18. The average molecular weight is 268 g/mol. The zero-order valence-corrected chi connectivity index (χ0v) is 9.86. The van der Waals surface area contributed by atoms with E-state index in [2.05, 4.69) is 4.98 Å². The van der Waals surface area contributed by atoms with Gasteiger partial charge in [0.05, 0.1) is 0 Å². The summed E-state index contributed by atoms with van der Waals surface area (Å²) in [7, 11) is -4.25. The number of carboxylic acid groups (broad SMARTS) is 1. The average Bonchev–Trinajstić information content (AvgIpc) is 2.69. The second-order valence-electron chi connectivity index (χ2n) is 3.51. The molecule has 0 atom stereocenters. The number of carboxylic acids is 1. The van der Waals surface area contributed by atoms with E-state index in [4.69, 9.17) is 14.9 Å². The van der Waals surface area contributed by atoms with Gasteiger partial charge in [0.25, 0.3) is 0 Å². The van der Waals surface area contributed by atoms with Crippen molar-refractivity contribution >= 4 is 25.3 Å². The zero-order chi connectivity index (χ0) is 13.3. The molecule has 2 heterocycles. The Morgan fingerprint density at radius 3 is 2.72 bits per heavy atom. The van der Waals surface area contributed by atoms with E-state index < -0.39 is 13.6 Å². The maximum absolute atomic E-state index is 10.8. The maximum atomic E-state index is 10.8. The molecule has 0 aromatic carbocycles. The van der Waals surface area contributed by atoms with Crippen LogP contribution in [-0.4, -0.2) is 30.2 Å². The highest BCUT2D eigenvalue weighted by molar-refractivity contribution is 7.55. The molecule has 0 saturated heterocycles. The molecule has 3 N–H and O–H groups in total. The number of fused-ring (bicyclic) bond motifs is 1. The highest BCUT2D eigenvalue weighted by Crippen LogP contribution is 2.36. The van der Waals surface area contributed by atoms with Crippen molar-refractivity contribution < 1.29 is 24.3 Å². The number of imidazole rings is 1. The van der Waals surface area contributed by atoms with Gasteiger partial charge in [-0.25, -0.2) is 9.78 Å². The van der Waals surface area contributed by atoms with Gasteiger partial charge < -0.3 is 14.9 Å². The zero-order valence-electron chi connectivity index (χ0n) is 8.96. The normalized spacial score (nSPS) is 12.3. The van der Waals surface area contributed by atoms with Gasteiger partial charge in [0, 0.05) is 17.7 Å². The molecule has 2 aromatic heterocycles. The van der Waals surface area contributed by atoms with E-state index in [0.717, 1.165) is 5.82 Å². The Kier molecular flexibility index (Phi) is 3.04. The summed E-state index contributed by atoms with van der Waals surface area (Å²) in [6.07, 6.45) is 2.51.